The zero-order valence-corrected chi connectivity index (χ0v) is 27.3. The van der Waals surface area contributed by atoms with Gasteiger partial charge in [0.1, 0.15) is 11.5 Å². The van der Waals surface area contributed by atoms with Crippen molar-refractivity contribution in [3.63, 3.8) is 0 Å². The summed E-state index contributed by atoms with van der Waals surface area (Å²) >= 11 is 0. The third-order valence-electron chi connectivity index (χ3n) is 9.66. The van der Waals surface area contributed by atoms with Crippen LogP contribution in [0, 0.1) is 0 Å². The van der Waals surface area contributed by atoms with E-state index in [0.29, 0.717) is 5.82 Å². The number of para-hydroxylation sites is 2. The summed E-state index contributed by atoms with van der Waals surface area (Å²) in [5.74, 6) is 2.38. The summed E-state index contributed by atoms with van der Waals surface area (Å²) in [5, 5.41) is 0. The van der Waals surface area contributed by atoms with Crippen LogP contribution in [0.5, 0.6) is 11.5 Å². The number of aromatic nitrogens is 2. The van der Waals surface area contributed by atoms with Crippen LogP contribution in [0.3, 0.4) is 0 Å². The van der Waals surface area contributed by atoms with Crippen LogP contribution in [0.2, 0.25) is 0 Å². The van der Waals surface area contributed by atoms with E-state index in [1.165, 1.54) is 5.56 Å². The fourth-order valence-electron chi connectivity index (χ4n) is 7.48. The van der Waals surface area contributed by atoms with E-state index in [0.717, 1.165) is 67.4 Å². The van der Waals surface area contributed by atoms with E-state index in [2.05, 4.69) is 170 Å². The maximum absolute atomic E-state index is 6.60. The molecule has 7 aromatic carbocycles. The summed E-state index contributed by atoms with van der Waals surface area (Å²) in [6.45, 7) is 0. The van der Waals surface area contributed by atoms with Crippen molar-refractivity contribution in [2.24, 2.45) is 0 Å². The molecule has 0 radical (unpaired) electrons. The number of hydrogen-bond donors (Lipinski definition) is 0. The lowest BCUT2D eigenvalue weighted by atomic mass is 9.62. The average molecular weight is 641 g/mol. The zero-order chi connectivity index (χ0) is 33.3. The van der Waals surface area contributed by atoms with Gasteiger partial charge in [0.15, 0.2) is 5.82 Å². The minimum Gasteiger partial charge on any atom is -0.457 e. The van der Waals surface area contributed by atoms with Crippen LogP contribution in [0.1, 0.15) is 22.3 Å². The lowest BCUT2D eigenvalue weighted by molar-refractivity contribution is 0.434. The van der Waals surface area contributed by atoms with Gasteiger partial charge < -0.3 is 4.74 Å². The smallest absolute Gasteiger partial charge is 0.161 e. The molecule has 0 N–H and O–H groups in total. The molecule has 8 aromatic rings. The topological polar surface area (TPSA) is 35.0 Å². The van der Waals surface area contributed by atoms with Crippen LogP contribution in [0.25, 0.3) is 45.0 Å². The fraction of sp³-hybridized carbons (Fsp3) is 0.0213. The summed E-state index contributed by atoms with van der Waals surface area (Å²) < 4.78 is 6.60. The minimum absolute atomic E-state index is 0.668. The summed E-state index contributed by atoms with van der Waals surface area (Å²) in [4.78, 5) is 10.5. The van der Waals surface area contributed by atoms with E-state index in [9.17, 15) is 0 Å². The molecule has 0 unspecified atom stereocenters. The Hall–Kier alpha value is -6.58. The summed E-state index contributed by atoms with van der Waals surface area (Å²) in [6, 6.07) is 67.8. The monoisotopic (exact) mass is 640 g/mol. The van der Waals surface area contributed by atoms with Gasteiger partial charge in [-0.3, -0.25) is 0 Å². The molecule has 0 amide bonds. The molecular formula is C47H32N2O. The van der Waals surface area contributed by atoms with E-state index in [1.54, 1.807) is 0 Å². The zero-order valence-electron chi connectivity index (χ0n) is 27.3. The first-order valence-corrected chi connectivity index (χ1v) is 16.9. The van der Waals surface area contributed by atoms with E-state index < -0.39 is 5.41 Å². The van der Waals surface area contributed by atoms with Crippen LogP contribution in [0.15, 0.2) is 194 Å². The van der Waals surface area contributed by atoms with Crippen molar-refractivity contribution >= 4 is 0 Å². The molecule has 0 fully saturated rings. The van der Waals surface area contributed by atoms with Gasteiger partial charge in [-0.15, -0.1) is 0 Å². The van der Waals surface area contributed by atoms with Gasteiger partial charge in [-0.1, -0.05) is 176 Å². The number of fused-ring (bicyclic) bond motifs is 2. The lowest BCUT2D eigenvalue weighted by Crippen LogP contribution is -2.34. The molecule has 1 aliphatic heterocycles. The molecule has 0 saturated carbocycles. The summed E-state index contributed by atoms with van der Waals surface area (Å²) in [7, 11) is 0. The van der Waals surface area contributed by atoms with Gasteiger partial charge in [0.05, 0.1) is 16.8 Å². The second-order valence-electron chi connectivity index (χ2n) is 12.5. The predicted molar refractivity (Wildman–Crippen MR) is 202 cm³/mol. The molecule has 9 rings (SSSR count). The highest BCUT2D eigenvalue weighted by atomic mass is 16.5. The van der Waals surface area contributed by atoms with Gasteiger partial charge in [0, 0.05) is 27.8 Å². The van der Waals surface area contributed by atoms with Gasteiger partial charge in [0.25, 0.3) is 0 Å². The third-order valence-corrected chi connectivity index (χ3v) is 9.66. The molecule has 0 spiro atoms. The van der Waals surface area contributed by atoms with Crippen molar-refractivity contribution in [2.75, 3.05) is 0 Å². The van der Waals surface area contributed by atoms with Crippen molar-refractivity contribution in [2.45, 2.75) is 5.41 Å². The van der Waals surface area contributed by atoms with Gasteiger partial charge in [-0.25, -0.2) is 9.97 Å². The summed E-state index contributed by atoms with van der Waals surface area (Å²) in [6.07, 6.45) is 0. The van der Waals surface area contributed by atoms with Gasteiger partial charge >= 0.3 is 0 Å². The van der Waals surface area contributed by atoms with Crippen molar-refractivity contribution in [1.82, 2.24) is 9.97 Å². The second-order valence-corrected chi connectivity index (χ2v) is 12.5. The van der Waals surface area contributed by atoms with Crippen LogP contribution in [0.4, 0.5) is 0 Å². The standard InChI is InChI=1S/C47H32N2O/c1-4-18-33(19-5-1)42-32-43(34-20-6-2-7-21-34)49-46(48-42)38-26-11-10-24-36(38)37-25-12-13-27-39(37)47(35-22-8-3-9-23-35)40-28-14-16-30-44(40)50-45-31-17-15-29-41(45)47/h1-32H. The average Bonchev–Trinajstić information content (AvgIpc) is 3.21. The highest BCUT2D eigenvalue weighted by Crippen LogP contribution is 2.57. The highest BCUT2D eigenvalue weighted by Gasteiger charge is 2.46. The molecule has 0 aliphatic carbocycles. The van der Waals surface area contributed by atoms with E-state index in [1.807, 2.05) is 24.3 Å². The van der Waals surface area contributed by atoms with Crippen molar-refractivity contribution < 1.29 is 4.74 Å². The molecule has 1 aliphatic rings. The van der Waals surface area contributed by atoms with Crippen LogP contribution >= 0.6 is 0 Å². The van der Waals surface area contributed by atoms with Crippen molar-refractivity contribution in [1.29, 1.82) is 0 Å². The molecule has 50 heavy (non-hydrogen) atoms. The highest BCUT2D eigenvalue weighted by molar-refractivity contribution is 5.87. The van der Waals surface area contributed by atoms with Gasteiger partial charge in [0.2, 0.25) is 0 Å². The SMILES string of the molecule is c1ccc(-c2cc(-c3ccccc3)nc(-c3ccccc3-c3ccccc3C3(c4ccccc4)c4ccccc4Oc4ccccc43)n2)cc1. The Morgan fingerprint density at radius 3 is 1.34 bits per heavy atom. The quantitative estimate of drug-likeness (QED) is 0.181. The van der Waals surface area contributed by atoms with Crippen molar-refractivity contribution in [3.05, 3.63) is 216 Å². The van der Waals surface area contributed by atoms with Gasteiger partial charge in [-0.2, -0.15) is 0 Å². The Bertz CT molecular complexity index is 2350. The van der Waals surface area contributed by atoms with Crippen LogP contribution < -0.4 is 4.74 Å². The van der Waals surface area contributed by atoms with Crippen LogP contribution in [-0.4, -0.2) is 9.97 Å². The molecule has 3 heteroatoms. The first kappa shape index (κ1) is 29.6. The Morgan fingerprint density at radius 1 is 0.360 bits per heavy atom. The first-order valence-electron chi connectivity index (χ1n) is 16.9. The molecule has 2 heterocycles. The minimum atomic E-state index is -0.668. The third kappa shape index (κ3) is 4.91. The second kappa shape index (κ2) is 12.5. The number of hydrogen-bond acceptors (Lipinski definition) is 3. The molecule has 0 saturated heterocycles. The molecule has 3 nitrogen and oxygen atoms in total. The molecule has 1 aromatic heterocycles. The van der Waals surface area contributed by atoms with Gasteiger partial charge in [-0.05, 0) is 40.5 Å². The Balaban J connectivity index is 1.33. The number of rotatable bonds is 6. The lowest BCUT2D eigenvalue weighted by Gasteiger charge is -2.42. The first-order chi connectivity index (χ1) is 24.8. The van der Waals surface area contributed by atoms with Crippen LogP contribution in [-0.2, 0) is 5.41 Å². The maximum Gasteiger partial charge on any atom is 0.161 e. The normalized spacial score (nSPS) is 12.7. The molecule has 0 atom stereocenters. The molecule has 236 valence electrons. The Morgan fingerprint density at radius 2 is 0.780 bits per heavy atom. The van der Waals surface area contributed by atoms with E-state index >= 15 is 0 Å². The Labute approximate surface area is 292 Å². The van der Waals surface area contributed by atoms with Crippen molar-refractivity contribution in [3.8, 4) is 56.5 Å². The molecular weight excluding hydrogens is 609 g/mol. The maximum atomic E-state index is 6.60. The van der Waals surface area contributed by atoms with E-state index in [-0.39, 0.29) is 0 Å². The number of benzene rings is 7. The van der Waals surface area contributed by atoms with E-state index in [4.69, 9.17) is 14.7 Å². The Kier molecular flexibility index (Phi) is 7.37. The number of nitrogens with zero attached hydrogens (tertiary/aromatic N) is 2. The summed E-state index contributed by atoms with van der Waals surface area (Å²) in [5.41, 5.74) is 10.8. The molecule has 0 bridgehead atoms. The largest absolute Gasteiger partial charge is 0.457 e. The fourth-order valence-corrected chi connectivity index (χ4v) is 7.48. The predicted octanol–water partition coefficient (Wildman–Crippen LogP) is 11.6. The number of ether oxygens (including phenoxy) is 1.